The summed E-state index contributed by atoms with van der Waals surface area (Å²) >= 11 is 11.6. The summed E-state index contributed by atoms with van der Waals surface area (Å²) in [6.07, 6.45) is -8.17. The largest absolute Gasteiger partial charge is 0.460 e. The van der Waals surface area contributed by atoms with Crippen molar-refractivity contribution in [2.24, 2.45) is 0 Å². The Labute approximate surface area is 318 Å². The van der Waals surface area contributed by atoms with Gasteiger partial charge >= 0.3 is 71.4 Å². The first-order valence-corrected chi connectivity index (χ1v) is 16.5. The van der Waals surface area contributed by atoms with Crippen LogP contribution in [0.5, 0.6) is 0 Å². The van der Waals surface area contributed by atoms with Crippen molar-refractivity contribution >= 4 is 39.5 Å². The highest BCUT2D eigenvalue weighted by molar-refractivity contribution is 8.30. The van der Waals surface area contributed by atoms with E-state index in [1.54, 1.807) is 0 Å². The van der Waals surface area contributed by atoms with Gasteiger partial charge in [-0.15, -0.1) is 0 Å². The van der Waals surface area contributed by atoms with Gasteiger partial charge in [-0.2, -0.15) is 101 Å². The Morgan fingerprint density at radius 3 is 0.931 bits per heavy atom. The van der Waals surface area contributed by atoms with Crippen molar-refractivity contribution in [1.29, 1.82) is 0 Å². The molecule has 0 heterocycles. The highest BCUT2D eigenvalue weighted by Gasteiger charge is 2.99. The molecule has 28 heteroatoms. The highest BCUT2D eigenvalue weighted by Crippen LogP contribution is 2.71. The van der Waals surface area contributed by atoms with Crippen LogP contribution in [0.15, 0.2) is 93.5 Å². The summed E-state index contributed by atoms with van der Waals surface area (Å²) in [6, 6.07) is 12.0. The quantitative estimate of drug-likeness (QED) is 0.151. The van der Waals surface area contributed by atoms with Crippen molar-refractivity contribution in [2.75, 3.05) is 0 Å². The van der Waals surface area contributed by atoms with Crippen LogP contribution in [0.25, 0.3) is 0 Å². The van der Waals surface area contributed by atoms with Crippen LogP contribution in [-0.4, -0.2) is 71.4 Å². The molecule has 3 aromatic carbocycles. The molecule has 0 aliphatic carbocycles. The number of carbonyl (C=O) groups excluding carboxylic acids is 1. The van der Waals surface area contributed by atoms with Gasteiger partial charge in [-0.3, -0.25) is 0 Å². The lowest BCUT2D eigenvalue weighted by Crippen LogP contribution is -2.78. The predicted octanol–water partition coefficient (Wildman–Crippen LogP) is 13.6. The number of hydrogen-bond donors (Lipinski definition) is 0. The van der Waals surface area contributed by atoms with E-state index in [1.165, 1.54) is 6.07 Å². The van der Waals surface area contributed by atoms with E-state index in [1.807, 2.05) is 0 Å². The van der Waals surface area contributed by atoms with Crippen LogP contribution in [0, 0.1) is 0 Å². The SMILES string of the molecule is O=C(OS(c1ccccc1)(c1ccc(Cl)cc1)c1ccc(Cl)cc1)C(F)(F)C(F)(F)C(F)(F)C(F)(F)C(F)(F)C(F)(F)C(F)(F)C(F)(F)C(F)(F)C(F)(F)C(F)(F)F. The van der Waals surface area contributed by atoms with Crippen LogP contribution >= 0.6 is 33.5 Å². The first-order valence-electron chi connectivity index (χ1n) is 14.2. The molecule has 0 aromatic heterocycles. The summed E-state index contributed by atoms with van der Waals surface area (Å²) in [6.45, 7) is 0. The zero-order chi connectivity index (χ0) is 45.4. The number of hydrogen-bond acceptors (Lipinski definition) is 2. The van der Waals surface area contributed by atoms with E-state index in [9.17, 15) is 97.0 Å². The average Bonchev–Trinajstić information content (AvgIpc) is 3.10. The zero-order valence-electron chi connectivity index (χ0n) is 26.7. The van der Waals surface area contributed by atoms with Gasteiger partial charge in [0.25, 0.3) is 0 Å². The van der Waals surface area contributed by atoms with Gasteiger partial charge < -0.3 is 4.18 Å². The summed E-state index contributed by atoms with van der Waals surface area (Å²) in [5.41, 5.74) is 0. The fourth-order valence-electron chi connectivity index (χ4n) is 4.47. The maximum absolute atomic E-state index is 15.3. The van der Waals surface area contributed by atoms with Gasteiger partial charge in [0.1, 0.15) is 0 Å². The number of rotatable bonds is 14. The summed E-state index contributed by atoms with van der Waals surface area (Å²) in [4.78, 5) is 11.2. The molecule has 0 bridgehead atoms. The normalized spacial score (nSPS) is 15.3. The first-order chi connectivity index (χ1) is 25.7. The molecule has 2 nitrogen and oxygen atoms in total. The van der Waals surface area contributed by atoms with E-state index in [4.69, 9.17) is 23.2 Å². The van der Waals surface area contributed by atoms with E-state index in [0.717, 1.165) is 72.8 Å². The average molecular weight is 945 g/mol. The molecule has 0 saturated heterocycles. The number of alkyl halides is 23. The van der Waals surface area contributed by atoms with Crippen molar-refractivity contribution in [2.45, 2.75) is 80.1 Å². The van der Waals surface area contributed by atoms with E-state index >= 15 is 8.78 Å². The fourth-order valence-corrected chi connectivity index (χ4v) is 7.73. The minimum absolute atomic E-state index is 0.190. The molecule has 0 aliphatic rings. The lowest BCUT2D eigenvalue weighted by Gasteiger charge is -2.45. The molecular formula is C30H13Cl2F23O2S. The molecular weight excluding hydrogens is 932 g/mol. The molecule has 58 heavy (non-hydrogen) atoms. The van der Waals surface area contributed by atoms with Crippen LogP contribution in [0.1, 0.15) is 0 Å². The van der Waals surface area contributed by atoms with Crippen molar-refractivity contribution < 1.29 is 110 Å². The van der Waals surface area contributed by atoms with E-state index in [-0.39, 0.29) is 10.0 Å². The van der Waals surface area contributed by atoms with Crippen LogP contribution in [0.2, 0.25) is 10.0 Å². The fraction of sp³-hybridized carbons (Fsp3) is 0.367. The second-order valence-electron chi connectivity index (χ2n) is 11.4. The Kier molecular flexibility index (Phi) is 12.3. The molecule has 0 fully saturated rings. The summed E-state index contributed by atoms with van der Waals surface area (Å²) < 4.78 is 327. The van der Waals surface area contributed by atoms with Gasteiger partial charge in [0.15, 0.2) is 0 Å². The van der Waals surface area contributed by atoms with Gasteiger partial charge in [-0.05, 0) is 71.0 Å². The van der Waals surface area contributed by atoms with Gasteiger partial charge in [0.2, 0.25) is 0 Å². The van der Waals surface area contributed by atoms with Gasteiger partial charge in [-0.1, -0.05) is 41.4 Å². The molecule has 0 amide bonds. The Balaban J connectivity index is 2.25. The lowest BCUT2D eigenvalue weighted by atomic mass is 9.85. The van der Waals surface area contributed by atoms with Crippen molar-refractivity contribution in [3.05, 3.63) is 88.9 Å². The third kappa shape index (κ3) is 6.75. The zero-order valence-corrected chi connectivity index (χ0v) is 29.0. The number of halogens is 25. The lowest BCUT2D eigenvalue weighted by molar-refractivity contribution is -0.477. The monoisotopic (exact) mass is 944 g/mol. The highest BCUT2D eigenvalue weighted by atomic mass is 35.5. The van der Waals surface area contributed by atoms with Gasteiger partial charge in [0.05, 0.1) is 0 Å². The molecule has 3 aromatic rings. The molecule has 0 saturated carbocycles. The molecule has 0 unspecified atom stereocenters. The minimum atomic E-state index is -9.58. The maximum atomic E-state index is 15.3. The first kappa shape index (κ1) is 48.8. The standard InChI is InChI=1S/C30H13Cl2F23O2S/c31-14-6-10-17(11-7-14)58(16-4-2-1-3-5-16,18-12-8-15(32)9-13-18)57-19(56)20(33,34)21(35,36)22(37,38)23(39,40)24(41,42)25(43,44)26(45,46)27(47,48)28(49,50)29(51,52)30(53,54)55/h1-13H. The molecule has 0 spiro atoms. The Morgan fingerprint density at radius 1 is 0.379 bits per heavy atom. The Morgan fingerprint density at radius 2 is 0.638 bits per heavy atom. The minimum Gasteiger partial charge on any atom is -0.397 e. The Bertz CT molecular complexity index is 1910. The topological polar surface area (TPSA) is 26.3 Å². The predicted molar refractivity (Wildman–Crippen MR) is 153 cm³/mol. The van der Waals surface area contributed by atoms with Crippen molar-refractivity contribution in [3.8, 4) is 0 Å². The summed E-state index contributed by atoms with van der Waals surface area (Å²) in [5.74, 6) is -94.8. The number of carbonyl (C=O) groups is 1. The maximum Gasteiger partial charge on any atom is 0.460 e. The molecule has 0 aliphatic heterocycles. The smallest absolute Gasteiger partial charge is 0.397 e. The molecule has 0 atom stereocenters. The summed E-state index contributed by atoms with van der Waals surface area (Å²) in [5, 5.41) is -0.379. The van der Waals surface area contributed by atoms with Crippen LogP contribution in [0.4, 0.5) is 101 Å². The second kappa shape index (κ2) is 14.6. The van der Waals surface area contributed by atoms with Crippen LogP contribution < -0.4 is 0 Å². The summed E-state index contributed by atoms with van der Waals surface area (Å²) in [7, 11) is -4.49. The Hall–Kier alpha value is -3.55. The van der Waals surface area contributed by atoms with E-state index < -0.39 is 96.4 Å². The molecule has 0 N–H and O–H groups in total. The van der Waals surface area contributed by atoms with E-state index in [2.05, 4.69) is 4.18 Å². The second-order valence-corrected chi connectivity index (χ2v) is 15.0. The van der Waals surface area contributed by atoms with Gasteiger partial charge in [-0.25, -0.2) is 4.79 Å². The third-order valence-electron chi connectivity index (χ3n) is 7.73. The van der Waals surface area contributed by atoms with Crippen LogP contribution in [0.3, 0.4) is 0 Å². The molecule has 3 rings (SSSR count). The van der Waals surface area contributed by atoms with Crippen molar-refractivity contribution in [3.63, 3.8) is 0 Å². The van der Waals surface area contributed by atoms with E-state index in [0.29, 0.717) is 0 Å². The van der Waals surface area contributed by atoms with Gasteiger partial charge in [0, 0.05) is 24.7 Å². The molecule has 0 radical (unpaired) electrons. The molecule has 326 valence electrons. The third-order valence-corrected chi connectivity index (χ3v) is 11.4. The van der Waals surface area contributed by atoms with Crippen molar-refractivity contribution in [1.82, 2.24) is 0 Å². The number of benzene rings is 3. The van der Waals surface area contributed by atoms with Crippen LogP contribution in [-0.2, 0) is 8.98 Å².